The van der Waals surface area contributed by atoms with Crippen LogP contribution in [-0.4, -0.2) is 26.2 Å². The molecule has 0 amide bonds. The molecule has 2 rings (SSSR count). The first-order valence-electron chi connectivity index (χ1n) is 3.98. The van der Waals surface area contributed by atoms with Gasteiger partial charge in [-0.3, -0.25) is 4.40 Å². The predicted molar refractivity (Wildman–Crippen MR) is 47.0 cm³/mol. The molecule has 13 heavy (non-hydrogen) atoms. The fraction of sp³-hybridized carbons (Fsp3) is 0.250. The first kappa shape index (κ1) is 8.15. The Hall–Kier alpha value is -1.46. The Morgan fingerprint density at radius 3 is 3.15 bits per heavy atom. The van der Waals surface area contributed by atoms with Gasteiger partial charge in [0.05, 0.1) is 6.10 Å². The Bertz CT molecular complexity index is 411. The van der Waals surface area contributed by atoms with Crippen LogP contribution in [0.4, 0.5) is 0 Å². The van der Waals surface area contributed by atoms with Gasteiger partial charge < -0.3 is 10.8 Å². The highest BCUT2D eigenvalue weighted by atomic mass is 16.3. The van der Waals surface area contributed by atoms with Crippen LogP contribution < -0.4 is 5.73 Å². The summed E-state index contributed by atoms with van der Waals surface area (Å²) in [5, 5.41) is 17.0. The molecule has 1 atom stereocenters. The molecule has 0 saturated carbocycles. The highest BCUT2D eigenvalue weighted by molar-refractivity contribution is 5.38. The molecule has 68 valence electrons. The first-order valence-corrected chi connectivity index (χ1v) is 3.98. The maximum atomic E-state index is 9.45. The summed E-state index contributed by atoms with van der Waals surface area (Å²) in [6, 6.07) is 3.59. The van der Waals surface area contributed by atoms with E-state index >= 15 is 0 Å². The summed E-state index contributed by atoms with van der Waals surface area (Å²) in [5.41, 5.74) is 6.86. The minimum atomic E-state index is -0.619. The van der Waals surface area contributed by atoms with E-state index in [1.165, 1.54) is 0 Å². The summed E-state index contributed by atoms with van der Waals surface area (Å²) in [5.74, 6) is 0. The van der Waals surface area contributed by atoms with E-state index in [1.54, 1.807) is 29.1 Å². The lowest BCUT2D eigenvalue weighted by Crippen LogP contribution is -2.11. The zero-order chi connectivity index (χ0) is 9.26. The van der Waals surface area contributed by atoms with Gasteiger partial charge in [-0.1, -0.05) is 6.07 Å². The molecule has 2 heterocycles. The number of hydrogen-bond donors (Lipinski definition) is 2. The van der Waals surface area contributed by atoms with Crippen molar-refractivity contribution in [2.24, 2.45) is 5.73 Å². The molecular weight excluding hydrogens is 168 g/mol. The van der Waals surface area contributed by atoms with E-state index in [0.29, 0.717) is 0 Å². The lowest BCUT2D eigenvalue weighted by atomic mass is 10.2. The number of aliphatic hydroxyl groups excluding tert-OH is 1. The van der Waals surface area contributed by atoms with Gasteiger partial charge >= 0.3 is 0 Å². The third kappa shape index (κ3) is 1.39. The van der Waals surface area contributed by atoms with E-state index in [0.717, 1.165) is 11.2 Å². The number of aliphatic hydroxyl groups is 1. The van der Waals surface area contributed by atoms with Crippen molar-refractivity contribution in [1.29, 1.82) is 0 Å². The van der Waals surface area contributed by atoms with Crippen LogP contribution in [-0.2, 0) is 0 Å². The van der Waals surface area contributed by atoms with Crippen LogP contribution >= 0.6 is 0 Å². The summed E-state index contributed by atoms with van der Waals surface area (Å²) in [6.45, 7) is 0.216. The predicted octanol–water partition coefficient (Wildman–Crippen LogP) is -0.279. The molecule has 2 aromatic heterocycles. The van der Waals surface area contributed by atoms with Crippen molar-refractivity contribution in [3.8, 4) is 0 Å². The van der Waals surface area contributed by atoms with Crippen molar-refractivity contribution in [3.63, 3.8) is 0 Å². The van der Waals surface area contributed by atoms with Crippen LogP contribution in [0.5, 0.6) is 0 Å². The van der Waals surface area contributed by atoms with Crippen LogP contribution in [0.2, 0.25) is 0 Å². The van der Waals surface area contributed by atoms with Crippen LogP contribution in [0.15, 0.2) is 24.7 Å². The van der Waals surface area contributed by atoms with E-state index in [-0.39, 0.29) is 6.54 Å². The smallest absolute Gasteiger partial charge is 0.160 e. The third-order valence-corrected chi connectivity index (χ3v) is 1.92. The summed E-state index contributed by atoms with van der Waals surface area (Å²) >= 11 is 0. The minimum Gasteiger partial charge on any atom is -0.387 e. The van der Waals surface area contributed by atoms with Gasteiger partial charge in [0.15, 0.2) is 5.65 Å². The van der Waals surface area contributed by atoms with Crippen molar-refractivity contribution in [3.05, 3.63) is 30.2 Å². The number of nitrogens with zero attached hydrogens (tertiary/aromatic N) is 3. The van der Waals surface area contributed by atoms with Crippen molar-refractivity contribution in [2.75, 3.05) is 6.54 Å². The van der Waals surface area contributed by atoms with Gasteiger partial charge in [-0.05, 0) is 11.6 Å². The van der Waals surface area contributed by atoms with Gasteiger partial charge in [0.2, 0.25) is 0 Å². The van der Waals surface area contributed by atoms with Gasteiger partial charge in [-0.15, -0.1) is 10.2 Å². The number of rotatable bonds is 2. The van der Waals surface area contributed by atoms with Crippen molar-refractivity contribution >= 4 is 5.65 Å². The molecule has 0 bridgehead atoms. The van der Waals surface area contributed by atoms with Crippen LogP contribution in [0.25, 0.3) is 5.65 Å². The van der Waals surface area contributed by atoms with E-state index in [1.807, 2.05) is 0 Å². The van der Waals surface area contributed by atoms with E-state index in [4.69, 9.17) is 5.73 Å². The van der Waals surface area contributed by atoms with Crippen molar-refractivity contribution < 1.29 is 5.11 Å². The molecule has 0 fully saturated rings. The molecule has 0 radical (unpaired) electrons. The standard InChI is InChI=1S/C8H10N4O/c9-3-7(13)6-1-2-8-11-10-5-12(8)4-6/h1-2,4-5,7,13H,3,9H2. The van der Waals surface area contributed by atoms with E-state index in [9.17, 15) is 5.11 Å². The zero-order valence-corrected chi connectivity index (χ0v) is 6.96. The normalized spacial score (nSPS) is 13.4. The molecule has 0 saturated heterocycles. The molecule has 0 aliphatic carbocycles. The number of aromatic nitrogens is 3. The van der Waals surface area contributed by atoms with Gasteiger partial charge in [0.1, 0.15) is 6.33 Å². The second-order valence-corrected chi connectivity index (χ2v) is 2.81. The molecule has 0 spiro atoms. The molecular formula is C8H10N4O. The Morgan fingerprint density at radius 1 is 1.54 bits per heavy atom. The summed E-state index contributed by atoms with van der Waals surface area (Å²) in [6.07, 6.45) is 2.74. The van der Waals surface area contributed by atoms with Gasteiger partial charge in [-0.25, -0.2) is 0 Å². The summed E-state index contributed by atoms with van der Waals surface area (Å²) < 4.78 is 1.74. The van der Waals surface area contributed by atoms with Gasteiger partial charge in [-0.2, -0.15) is 0 Å². The number of fused-ring (bicyclic) bond motifs is 1. The molecule has 5 nitrogen and oxygen atoms in total. The Morgan fingerprint density at radius 2 is 2.38 bits per heavy atom. The second kappa shape index (κ2) is 3.12. The van der Waals surface area contributed by atoms with Gasteiger partial charge in [0.25, 0.3) is 0 Å². The topological polar surface area (TPSA) is 76.4 Å². The first-order chi connectivity index (χ1) is 6.31. The number of hydrogen-bond acceptors (Lipinski definition) is 4. The SMILES string of the molecule is NCC(O)c1ccc2nncn2c1. The molecule has 1 unspecified atom stereocenters. The van der Waals surface area contributed by atoms with Gasteiger partial charge in [0, 0.05) is 12.7 Å². The van der Waals surface area contributed by atoms with Crippen molar-refractivity contribution in [2.45, 2.75) is 6.10 Å². The summed E-state index contributed by atoms with van der Waals surface area (Å²) in [7, 11) is 0. The van der Waals surface area contributed by atoms with Crippen LogP contribution in [0.3, 0.4) is 0 Å². The van der Waals surface area contributed by atoms with E-state index in [2.05, 4.69) is 10.2 Å². The maximum absolute atomic E-state index is 9.45. The minimum absolute atomic E-state index is 0.216. The largest absolute Gasteiger partial charge is 0.387 e. The molecule has 0 aliphatic rings. The summed E-state index contributed by atoms with van der Waals surface area (Å²) in [4.78, 5) is 0. The van der Waals surface area contributed by atoms with Crippen molar-refractivity contribution in [1.82, 2.24) is 14.6 Å². The monoisotopic (exact) mass is 178 g/mol. The van der Waals surface area contributed by atoms with Crippen LogP contribution in [0.1, 0.15) is 11.7 Å². The molecule has 2 aromatic rings. The lowest BCUT2D eigenvalue weighted by molar-refractivity contribution is 0.186. The average molecular weight is 178 g/mol. The fourth-order valence-corrected chi connectivity index (χ4v) is 1.18. The fourth-order valence-electron chi connectivity index (χ4n) is 1.18. The highest BCUT2D eigenvalue weighted by Gasteiger charge is 2.05. The Labute approximate surface area is 74.8 Å². The second-order valence-electron chi connectivity index (χ2n) is 2.81. The number of nitrogens with two attached hydrogens (primary N) is 1. The zero-order valence-electron chi connectivity index (χ0n) is 6.96. The molecule has 0 aliphatic heterocycles. The molecule has 5 heteroatoms. The quantitative estimate of drug-likeness (QED) is 0.663. The highest BCUT2D eigenvalue weighted by Crippen LogP contribution is 2.11. The average Bonchev–Trinajstić information content (AvgIpc) is 2.63. The number of pyridine rings is 1. The molecule has 3 N–H and O–H groups in total. The third-order valence-electron chi connectivity index (χ3n) is 1.92. The molecule has 0 aromatic carbocycles. The van der Waals surface area contributed by atoms with E-state index < -0.39 is 6.10 Å². The Balaban J connectivity index is 2.48. The lowest BCUT2D eigenvalue weighted by Gasteiger charge is -2.07. The maximum Gasteiger partial charge on any atom is 0.160 e. The Kier molecular flexibility index (Phi) is 1.96. The van der Waals surface area contributed by atoms with Crippen LogP contribution in [0, 0.1) is 0 Å².